The Morgan fingerprint density at radius 1 is 1.70 bits per heavy atom. The molecule has 2 heterocycles. The molecule has 1 aliphatic rings. The first kappa shape index (κ1) is 16.6. The van der Waals surface area contributed by atoms with Gasteiger partial charge in [0.25, 0.3) is 5.91 Å². The second-order valence-corrected chi connectivity index (χ2v) is 5.18. The fraction of sp³-hybridized carbons (Fsp3) is 0.333. The number of halogens is 1. The third-order valence-electron chi connectivity index (χ3n) is 3.74. The first-order chi connectivity index (χ1) is 10.9. The largest absolute Gasteiger partial charge is 0.319 e. The van der Waals surface area contributed by atoms with Gasteiger partial charge in [0.05, 0.1) is 10.8 Å². The van der Waals surface area contributed by atoms with Crippen LogP contribution in [0, 0.1) is 16.0 Å². The van der Waals surface area contributed by atoms with E-state index in [0.717, 1.165) is 6.20 Å². The number of allylic oxidation sites excluding steroid dienone is 3. The molecule has 1 aromatic rings. The summed E-state index contributed by atoms with van der Waals surface area (Å²) in [6, 6.07) is 0. The van der Waals surface area contributed by atoms with E-state index in [-0.39, 0.29) is 17.4 Å². The highest BCUT2D eigenvalue weighted by Gasteiger charge is 2.35. The number of H-pyrrole nitrogens is 1. The molecular formula is C15H17FN4O3. The lowest BCUT2D eigenvalue weighted by molar-refractivity contribution is -0.385. The standard InChI is InChI=1S/C15H17FN4O3/c1-4-10-8-19(12(5-2)11(10)6-9(3)16)15(21)14-13(20(22)23)7-17-18-14/h5-7,10H,2,4,8H2,1,3H3,(H,17,18)/b9-6+. The molecule has 8 heteroatoms. The molecule has 0 bridgehead atoms. The van der Waals surface area contributed by atoms with Crippen molar-refractivity contribution in [3.63, 3.8) is 0 Å². The van der Waals surface area contributed by atoms with E-state index in [2.05, 4.69) is 16.8 Å². The minimum atomic E-state index is -0.673. The number of nitro groups is 1. The maximum Gasteiger partial charge on any atom is 0.319 e. The van der Waals surface area contributed by atoms with Crippen LogP contribution in [0.2, 0.25) is 0 Å². The van der Waals surface area contributed by atoms with Gasteiger partial charge in [-0.1, -0.05) is 13.5 Å². The fourth-order valence-corrected chi connectivity index (χ4v) is 2.67. The second kappa shape index (κ2) is 6.55. The van der Waals surface area contributed by atoms with Crippen LogP contribution in [0.25, 0.3) is 0 Å². The second-order valence-electron chi connectivity index (χ2n) is 5.18. The quantitative estimate of drug-likeness (QED) is 0.666. The van der Waals surface area contributed by atoms with E-state index in [4.69, 9.17) is 0 Å². The van der Waals surface area contributed by atoms with Crippen LogP contribution in [0.3, 0.4) is 0 Å². The van der Waals surface area contributed by atoms with Gasteiger partial charge in [0.15, 0.2) is 0 Å². The Bertz CT molecular complexity index is 716. The zero-order valence-corrected chi connectivity index (χ0v) is 12.9. The topological polar surface area (TPSA) is 92.1 Å². The minimum Gasteiger partial charge on any atom is -0.306 e. The molecule has 2 rings (SSSR count). The highest BCUT2D eigenvalue weighted by Crippen LogP contribution is 2.34. The molecule has 122 valence electrons. The first-order valence-electron chi connectivity index (χ1n) is 7.10. The van der Waals surface area contributed by atoms with Gasteiger partial charge in [-0.15, -0.1) is 0 Å². The summed E-state index contributed by atoms with van der Waals surface area (Å²) in [5.41, 5.74) is 0.532. The third kappa shape index (κ3) is 3.05. The molecule has 1 unspecified atom stereocenters. The summed E-state index contributed by atoms with van der Waals surface area (Å²) in [6.45, 7) is 7.24. The maximum absolute atomic E-state index is 13.3. The molecule has 23 heavy (non-hydrogen) atoms. The molecule has 1 aliphatic heterocycles. The normalized spacial score (nSPS) is 18.5. The number of amides is 1. The molecule has 0 saturated heterocycles. The van der Waals surface area contributed by atoms with E-state index in [1.54, 1.807) is 0 Å². The lowest BCUT2D eigenvalue weighted by Crippen LogP contribution is -2.29. The average Bonchev–Trinajstić information content (AvgIpc) is 3.10. The van der Waals surface area contributed by atoms with E-state index in [1.807, 2.05) is 6.92 Å². The SMILES string of the molecule is C=CC1=C(/C=C(\C)F)C(CC)CN1C(=O)c1[nH]ncc1[N+](=O)[O-]. The van der Waals surface area contributed by atoms with Gasteiger partial charge in [0.2, 0.25) is 5.69 Å². The van der Waals surface area contributed by atoms with Gasteiger partial charge >= 0.3 is 5.69 Å². The summed E-state index contributed by atoms with van der Waals surface area (Å²) >= 11 is 0. The average molecular weight is 320 g/mol. The van der Waals surface area contributed by atoms with Crippen molar-refractivity contribution in [3.8, 4) is 0 Å². The van der Waals surface area contributed by atoms with Crippen LogP contribution in [0.1, 0.15) is 30.8 Å². The van der Waals surface area contributed by atoms with Crippen LogP contribution in [0.5, 0.6) is 0 Å². The van der Waals surface area contributed by atoms with Crippen LogP contribution in [-0.2, 0) is 0 Å². The molecule has 0 saturated carbocycles. The zero-order chi connectivity index (χ0) is 17.1. The Morgan fingerprint density at radius 3 is 2.91 bits per heavy atom. The van der Waals surface area contributed by atoms with Gasteiger partial charge in [-0.3, -0.25) is 20.0 Å². The Morgan fingerprint density at radius 2 is 2.39 bits per heavy atom. The maximum atomic E-state index is 13.3. The van der Waals surface area contributed by atoms with E-state index >= 15 is 0 Å². The smallest absolute Gasteiger partial charge is 0.306 e. The summed E-state index contributed by atoms with van der Waals surface area (Å²) in [5, 5.41) is 16.9. The number of aromatic nitrogens is 2. The highest BCUT2D eigenvalue weighted by molar-refractivity contribution is 5.97. The van der Waals surface area contributed by atoms with Gasteiger partial charge in [-0.2, -0.15) is 5.10 Å². The van der Waals surface area contributed by atoms with Crippen molar-refractivity contribution in [1.29, 1.82) is 0 Å². The predicted octanol–water partition coefficient (Wildman–Crippen LogP) is 3.11. The van der Waals surface area contributed by atoms with Gasteiger partial charge in [-0.05, 0) is 31.1 Å². The Labute approximate surface area is 132 Å². The molecule has 1 amide bonds. The number of hydrogen-bond donors (Lipinski definition) is 1. The molecule has 0 aromatic carbocycles. The molecule has 1 atom stereocenters. The Kier molecular flexibility index (Phi) is 4.73. The van der Waals surface area contributed by atoms with Crippen molar-refractivity contribution >= 4 is 11.6 Å². The van der Waals surface area contributed by atoms with Crippen LogP contribution >= 0.6 is 0 Å². The predicted molar refractivity (Wildman–Crippen MR) is 82.1 cm³/mol. The number of carbonyl (C=O) groups excluding carboxylic acids is 1. The summed E-state index contributed by atoms with van der Waals surface area (Å²) in [5.74, 6) is -1.01. The van der Waals surface area contributed by atoms with Crippen molar-refractivity contribution in [2.24, 2.45) is 5.92 Å². The summed E-state index contributed by atoms with van der Waals surface area (Å²) in [7, 11) is 0. The van der Waals surface area contributed by atoms with Crippen LogP contribution in [-0.4, -0.2) is 32.5 Å². The van der Waals surface area contributed by atoms with Gasteiger partial charge < -0.3 is 4.90 Å². The number of aromatic amines is 1. The monoisotopic (exact) mass is 320 g/mol. The molecule has 0 fully saturated rings. The zero-order valence-electron chi connectivity index (χ0n) is 12.9. The number of nitrogens with zero attached hydrogens (tertiary/aromatic N) is 3. The molecule has 0 spiro atoms. The van der Waals surface area contributed by atoms with Crippen molar-refractivity contribution in [2.45, 2.75) is 20.3 Å². The van der Waals surface area contributed by atoms with Crippen molar-refractivity contribution in [1.82, 2.24) is 15.1 Å². The lowest BCUT2D eigenvalue weighted by Gasteiger charge is -2.17. The summed E-state index contributed by atoms with van der Waals surface area (Å²) in [4.78, 5) is 24.3. The molecule has 0 aliphatic carbocycles. The Hall–Kier alpha value is -2.77. The van der Waals surface area contributed by atoms with E-state index < -0.39 is 16.5 Å². The molecule has 0 radical (unpaired) electrons. The van der Waals surface area contributed by atoms with E-state index in [9.17, 15) is 19.3 Å². The van der Waals surface area contributed by atoms with E-state index in [0.29, 0.717) is 24.2 Å². The highest BCUT2D eigenvalue weighted by atomic mass is 19.1. The van der Waals surface area contributed by atoms with Crippen LogP contribution in [0.15, 0.2) is 42.0 Å². The van der Waals surface area contributed by atoms with Crippen molar-refractivity contribution in [3.05, 3.63) is 57.8 Å². The van der Waals surface area contributed by atoms with Crippen LogP contribution < -0.4 is 0 Å². The number of carbonyl (C=O) groups is 1. The van der Waals surface area contributed by atoms with E-state index in [1.165, 1.54) is 24.0 Å². The first-order valence-corrected chi connectivity index (χ1v) is 7.10. The third-order valence-corrected chi connectivity index (χ3v) is 3.74. The summed E-state index contributed by atoms with van der Waals surface area (Å²) in [6.07, 6.45) is 4.53. The number of nitrogens with one attached hydrogen (secondary N) is 1. The summed E-state index contributed by atoms with van der Waals surface area (Å²) < 4.78 is 13.3. The molecule has 7 nitrogen and oxygen atoms in total. The van der Waals surface area contributed by atoms with Gasteiger partial charge in [0, 0.05) is 18.2 Å². The van der Waals surface area contributed by atoms with Gasteiger partial charge in [-0.25, -0.2) is 4.39 Å². The lowest BCUT2D eigenvalue weighted by atomic mass is 9.97. The van der Waals surface area contributed by atoms with Gasteiger partial charge in [0.1, 0.15) is 6.20 Å². The molecule has 1 aromatic heterocycles. The number of rotatable bonds is 5. The Balaban J connectivity index is 2.47. The van der Waals surface area contributed by atoms with Crippen LogP contribution in [0.4, 0.5) is 10.1 Å². The van der Waals surface area contributed by atoms with Crippen molar-refractivity contribution < 1.29 is 14.1 Å². The molecule has 1 N–H and O–H groups in total. The fourth-order valence-electron chi connectivity index (χ4n) is 2.67. The minimum absolute atomic E-state index is 0.0559. The number of hydrogen-bond acceptors (Lipinski definition) is 4. The van der Waals surface area contributed by atoms with Crippen molar-refractivity contribution in [2.75, 3.05) is 6.54 Å². The molecular weight excluding hydrogens is 303 g/mol.